The summed E-state index contributed by atoms with van der Waals surface area (Å²) in [4.78, 5) is 33.2. The number of methoxy groups -OCH3 is 1. The number of nitro groups is 1. The van der Waals surface area contributed by atoms with Gasteiger partial charge in [-0.25, -0.2) is 5.43 Å². The molecule has 9 heteroatoms. The van der Waals surface area contributed by atoms with E-state index < -0.39 is 16.7 Å². The maximum absolute atomic E-state index is 11.5. The number of nitro benzene ring substituents is 1. The number of hydrazone groups is 1. The Labute approximate surface area is 132 Å². The lowest BCUT2D eigenvalue weighted by Crippen LogP contribution is -2.34. The molecule has 0 spiro atoms. The Bertz CT molecular complexity index is 628. The van der Waals surface area contributed by atoms with Crippen molar-refractivity contribution in [2.24, 2.45) is 5.10 Å². The molecule has 0 unspecified atom stereocenters. The van der Waals surface area contributed by atoms with Crippen molar-refractivity contribution >= 4 is 23.7 Å². The molecule has 2 N–H and O–H groups in total. The number of rotatable bonds is 7. The van der Waals surface area contributed by atoms with Crippen molar-refractivity contribution in [3.8, 4) is 5.75 Å². The minimum absolute atomic E-state index is 0.0568. The molecular formula is C14H18N4O5. The fourth-order valence-electron chi connectivity index (χ4n) is 1.67. The lowest BCUT2D eigenvalue weighted by Gasteiger charge is -2.06. The lowest BCUT2D eigenvalue weighted by molar-refractivity contribution is -0.385. The van der Waals surface area contributed by atoms with E-state index in [9.17, 15) is 19.7 Å². The van der Waals surface area contributed by atoms with Crippen LogP contribution < -0.4 is 15.5 Å². The van der Waals surface area contributed by atoms with Gasteiger partial charge in [-0.1, -0.05) is 0 Å². The number of nitrogens with one attached hydrogen (secondary N) is 2. The van der Waals surface area contributed by atoms with Gasteiger partial charge in [-0.15, -0.1) is 0 Å². The molecular weight excluding hydrogens is 304 g/mol. The summed E-state index contributed by atoms with van der Waals surface area (Å²) in [5.74, 6) is -0.864. The maximum Gasteiger partial charge on any atom is 0.311 e. The van der Waals surface area contributed by atoms with Gasteiger partial charge in [0, 0.05) is 17.7 Å². The highest BCUT2D eigenvalue weighted by Crippen LogP contribution is 2.26. The first-order valence-electron chi connectivity index (χ1n) is 6.77. The van der Waals surface area contributed by atoms with Crippen molar-refractivity contribution in [3.63, 3.8) is 0 Å². The standard InChI is InChI=1S/C14H18N4O5/c1-9(2)16-13(19)7-14(20)17-15-8-10-4-5-12(23-3)11(6-10)18(21)22/h4-6,8-9H,7H2,1-3H3,(H,16,19)(H,17,20)/b15-8+. The van der Waals surface area contributed by atoms with E-state index in [-0.39, 0.29) is 23.9 Å². The average molecular weight is 322 g/mol. The van der Waals surface area contributed by atoms with Gasteiger partial charge >= 0.3 is 5.69 Å². The monoisotopic (exact) mass is 322 g/mol. The van der Waals surface area contributed by atoms with Crippen molar-refractivity contribution in [1.29, 1.82) is 0 Å². The molecule has 23 heavy (non-hydrogen) atoms. The highest BCUT2D eigenvalue weighted by Gasteiger charge is 2.14. The molecule has 1 rings (SSSR count). The van der Waals surface area contributed by atoms with Crippen molar-refractivity contribution in [1.82, 2.24) is 10.7 Å². The Morgan fingerprint density at radius 2 is 2.09 bits per heavy atom. The van der Waals surface area contributed by atoms with Gasteiger partial charge in [0.05, 0.1) is 18.2 Å². The molecule has 0 aliphatic rings. The van der Waals surface area contributed by atoms with E-state index in [2.05, 4.69) is 15.8 Å². The molecule has 9 nitrogen and oxygen atoms in total. The Morgan fingerprint density at radius 1 is 1.39 bits per heavy atom. The van der Waals surface area contributed by atoms with Crippen LogP contribution in [0.5, 0.6) is 5.75 Å². The van der Waals surface area contributed by atoms with Crippen molar-refractivity contribution in [2.75, 3.05) is 7.11 Å². The third-order valence-electron chi connectivity index (χ3n) is 2.57. The van der Waals surface area contributed by atoms with Gasteiger partial charge in [0.15, 0.2) is 5.75 Å². The van der Waals surface area contributed by atoms with Gasteiger partial charge in [-0.05, 0) is 26.0 Å². The molecule has 0 atom stereocenters. The van der Waals surface area contributed by atoms with Crippen molar-refractivity contribution in [3.05, 3.63) is 33.9 Å². The molecule has 0 bridgehead atoms. The first-order chi connectivity index (χ1) is 10.8. The van der Waals surface area contributed by atoms with E-state index in [4.69, 9.17) is 4.74 Å². The number of amides is 2. The summed E-state index contributed by atoms with van der Waals surface area (Å²) in [6, 6.07) is 4.18. The number of benzene rings is 1. The fraction of sp³-hybridized carbons (Fsp3) is 0.357. The van der Waals surface area contributed by atoms with E-state index in [0.717, 1.165) is 0 Å². The molecule has 1 aromatic rings. The summed E-state index contributed by atoms with van der Waals surface area (Å²) in [5, 5.41) is 17.1. The average Bonchev–Trinajstić information content (AvgIpc) is 2.45. The molecule has 124 valence electrons. The quantitative estimate of drug-likeness (QED) is 0.335. The zero-order valence-electron chi connectivity index (χ0n) is 13.0. The van der Waals surface area contributed by atoms with Gasteiger partial charge in [0.1, 0.15) is 6.42 Å². The Hall–Kier alpha value is -2.97. The van der Waals surface area contributed by atoms with Crippen LogP contribution in [0.4, 0.5) is 5.69 Å². The van der Waals surface area contributed by atoms with Gasteiger partial charge < -0.3 is 10.1 Å². The highest BCUT2D eigenvalue weighted by atomic mass is 16.6. The molecule has 0 aliphatic heterocycles. The summed E-state index contributed by atoms with van der Waals surface area (Å²) in [7, 11) is 1.33. The zero-order chi connectivity index (χ0) is 17.4. The van der Waals surface area contributed by atoms with Crippen molar-refractivity contribution in [2.45, 2.75) is 26.3 Å². The highest BCUT2D eigenvalue weighted by molar-refractivity contribution is 5.97. The summed E-state index contributed by atoms with van der Waals surface area (Å²) >= 11 is 0. The summed E-state index contributed by atoms with van der Waals surface area (Å²) in [6.45, 7) is 3.56. The zero-order valence-corrected chi connectivity index (χ0v) is 13.0. The molecule has 0 fully saturated rings. The van der Waals surface area contributed by atoms with E-state index in [0.29, 0.717) is 5.56 Å². The Balaban J connectivity index is 2.64. The minimum Gasteiger partial charge on any atom is -0.490 e. The minimum atomic E-state index is -0.581. The number of ether oxygens (including phenoxy) is 1. The predicted octanol–water partition coefficient (Wildman–Crippen LogP) is 0.968. The topological polar surface area (TPSA) is 123 Å². The van der Waals surface area contributed by atoms with Gasteiger partial charge in [-0.2, -0.15) is 5.10 Å². The van der Waals surface area contributed by atoms with Crippen LogP contribution in [0, 0.1) is 10.1 Å². The van der Waals surface area contributed by atoms with Gasteiger partial charge in [0.2, 0.25) is 11.8 Å². The molecule has 2 amide bonds. The molecule has 1 aromatic carbocycles. The lowest BCUT2D eigenvalue weighted by atomic mass is 10.2. The summed E-state index contributed by atoms with van der Waals surface area (Å²) < 4.78 is 4.88. The summed E-state index contributed by atoms with van der Waals surface area (Å²) in [5.41, 5.74) is 2.38. The van der Waals surface area contributed by atoms with E-state index >= 15 is 0 Å². The first-order valence-corrected chi connectivity index (χ1v) is 6.77. The number of carbonyl (C=O) groups excluding carboxylic acids is 2. The van der Waals surface area contributed by atoms with Crippen LogP contribution in [0.1, 0.15) is 25.8 Å². The largest absolute Gasteiger partial charge is 0.490 e. The third-order valence-corrected chi connectivity index (χ3v) is 2.57. The Kier molecular flexibility index (Phi) is 6.66. The summed E-state index contributed by atoms with van der Waals surface area (Å²) in [6.07, 6.45) is 0.892. The van der Waals surface area contributed by atoms with Crippen LogP contribution in [0.2, 0.25) is 0 Å². The molecule has 0 aliphatic carbocycles. The van der Waals surface area contributed by atoms with Crippen LogP contribution in [-0.2, 0) is 9.59 Å². The van der Waals surface area contributed by atoms with Gasteiger partial charge in [-0.3, -0.25) is 19.7 Å². The molecule has 0 aromatic heterocycles. The second kappa shape index (κ2) is 8.47. The van der Waals surface area contributed by atoms with Crippen LogP contribution in [0.25, 0.3) is 0 Å². The number of hydrogen-bond donors (Lipinski definition) is 2. The normalized spacial score (nSPS) is 10.6. The molecule has 0 radical (unpaired) electrons. The van der Waals surface area contributed by atoms with Crippen LogP contribution in [0.15, 0.2) is 23.3 Å². The van der Waals surface area contributed by atoms with Crippen LogP contribution in [0.3, 0.4) is 0 Å². The number of hydrogen-bond acceptors (Lipinski definition) is 6. The van der Waals surface area contributed by atoms with Gasteiger partial charge in [0.25, 0.3) is 0 Å². The number of carbonyl (C=O) groups is 2. The van der Waals surface area contributed by atoms with E-state index in [1.807, 2.05) is 0 Å². The second-order valence-corrected chi connectivity index (χ2v) is 4.88. The maximum atomic E-state index is 11.5. The fourth-order valence-corrected chi connectivity index (χ4v) is 1.67. The molecule has 0 saturated carbocycles. The van der Waals surface area contributed by atoms with E-state index in [1.54, 1.807) is 19.9 Å². The van der Waals surface area contributed by atoms with E-state index in [1.165, 1.54) is 25.5 Å². The first kappa shape index (κ1) is 18.1. The number of nitrogens with zero attached hydrogens (tertiary/aromatic N) is 2. The Morgan fingerprint density at radius 3 is 2.65 bits per heavy atom. The van der Waals surface area contributed by atoms with Crippen LogP contribution in [-0.4, -0.2) is 36.1 Å². The third kappa shape index (κ3) is 6.12. The second-order valence-electron chi connectivity index (χ2n) is 4.88. The van der Waals surface area contributed by atoms with Crippen molar-refractivity contribution < 1.29 is 19.2 Å². The SMILES string of the molecule is COc1ccc(/C=N/NC(=O)CC(=O)NC(C)C)cc1[N+](=O)[O-]. The molecule has 0 heterocycles. The van der Waals surface area contributed by atoms with Crippen LogP contribution >= 0.6 is 0 Å². The smallest absolute Gasteiger partial charge is 0.311 e. The molecule has 0 saturated heterocycles. The predicted molar refractivity (Wildman–Crippen MR) is 83.3 cm³/mol.